The van der Waals surface area contributed by atoms with E-state index in [0.717, 1.165) is 5.56 Å². The number of rotatable bonds is 7. The van der Waals surface area contributed by atoms with Crippen LogP contribution in [0.3, 0.4) is 0 Å². The molecule has 0 N–H and O–H groups in total. The molecule has 0 aliphatic carbocycles. The van der Waals surface area contributed by atoms with Crippen molar-refractivity contribution in [3.05, 3.63) is 65.2 Å². The van der Waals surface area contributed by atoms with Crippen LogP contribution in [0.4, 0.5) is 5.69 Å². The largest absolute Gasteiger partial charge is 0.464 e. The minimum atomic E-state index is -0.312. The molecule has 0 radical (unpaired) electrons. The maximum absolute atomic E-state index is 10.9. The zero-order valence-corrected chi connectivity index (χ0v) is 13.6. The highest BCUT2D eigenvalue weighted by atomic mass is 35.5. The number of halogens is 1. The Morgan fingerprint density at radius 1 is 1.13 bits per heavy atom. The lowest BCUT2D eigenvalue weighted by Gasteiger charge is -2.17. The SMILES string of the molecule is CC(=O)OCCN(Cc1ccccc1)N=Nc1ccccc1Cl. The molecule has 0 spiro atoms. The first-order valence-electron chi connectivity index (χ1n) is 7.23. The molecule has 6 heteroatoms. The maximum atomic E-state index is 10.9. The zero-order chi connectivity index (χ0) is 16.5. The lowest BCUT2D eigenvalue weighted by molar-refractivity contribution is -0.141. The molecule has 0 unspecified atom stereocenters. The van der Waals surface area contributed by atoms with Crippen molar-refractivity contribution < 1.29 is 9.53 Å². The average Bonchev–Trinajstić information content (AvgIpc) is 2.54. The quantitative estimate of drug-likeness (QED) is 0.429. The van der Waals surface area contributed by atoms with E-state index in [-0.39, 0.29) is 12.6 Å². The summed E-state index contributed by atoms with van der Waals surface area (Å²) in [6, 6.07) is 17.1. The third-order valence-electron chi connectivity index (χ3n) is 2.99. The number of benzene rings is 2. The van der Waals surface area contributed by atoms with E-state index in [1.165, 1.54) is 6.92 Å². The van der Waals surface area contributed by atoms with Crippen LogP contribution in [-0.4, -0.2) is 24.1 Å². The first kappa shape index (κ1) is 17.0. The molecule has 2 aromatic rings. The van der Waals surface area contributed by atoms with Gasteiger partial charge in [-0.15, -0.1) is 5.11 Å². The number of hydrogen-bond donors (Lipinski definition) is 0. The van der Waals surface area contributed by atoms with Gasteiger partial charge in [-0.25, -0.2) is 0 Å². The van der Waals surface area contributed by atoms with Crippen molar-refractivity contribution in [1.29, 1.82) is 0 Å². The van der Waals surface area contributed by atoms with Crippen molar-refractivity contribution >= 4 is 23.3 Å². The van der Waals surface area contributed by atoms with E-state index in [0.29, 0.717) is 23.8 Å². The third-order valence-corrected chi connectivity index (χ3v) is 3.31. The van der Waals surface area contributed by atoms with E-state index in [1.807, 2.05) is 42.5 Å². The Morgan fingerprint density at radius 2 is 1.83 bits per heavy atom. The molecular formula is C17H18ClN3O2. The Kier molecular flexibility index (Phi) is 6.56. The number of esters is 1. The van der Waals surface area contributed by atoms with Gasteiger partial charge in [-0.3, -0.25) is 9.80 Å². The Hall–Kier alpha value is -2.40. The van der Waals surface area contributed by atoms with Gasteiger partial charge in [0.15, 0.2) is 0 Å². The van der Waals surface area contributed by atoms with Gasteiger partial charge in [-0.1, -0.05) is 59.3 Å². The topological polar surface area (TPSA) is 54.3 Å². The molecule has 0 atom stereocenters. The van der Waals surface area contributed by atoms with Gasteiger partial charge in [0, 0.05) is 6.92 Å². The summed E-state index contributed by atoms with van der Waals surface area (Å²) in [6.07, 6.45) is 0. The summed E-state index contributed by atoms with van der Waals surface area (Å²) >= 11 is 6.07. The highest BCUT2D eigenvalue weighted by Crippen LogP contribution is 2.24. The first-order chi connectivity index (χ1) is 11.1. The Bertz CT molecular complexity index is 662. The molecule has 0 aliphatic rings. The second-order valence-corrected chi connectivity index (χ2v) is 5.26. The molecule has 0 saturated heterocycles. The van der Waals surface area contributed by atoms with Gasteiger partial charge in [-0.05, 0) is 17.7 Å². The van der Waals surface area contributed by atoms with Crippen molar-refractivity contribution in [2.24, 2.45) is 10.3 Å². The molecule has 2 rings (SSSR count). The molecule has 0 bridgehead atoms. The average molecular weight is 332 g/mol. The predicted molar refractivity (Wildman–Crippen MR) is 89.5 cm³/mol. The van der Waals surface area contributed by atoms with Crippen LogP contribution >= 0.6 is 11.6 Å². The van der Waals surface area contributed by atoms with Gasteiger partial charge in [0.2, 0.25) is 0 Å². The second kappa shape index (κ2) is 8.90. The lowest BCUT2D eigenvalue weighted by atomic mass is 10.2. The van der Waals surface area contributed by atoms with Crippen LogP contribution in [-0.2, 0) is 16.1 Å². The normalized spacial score (nSPS) is 10.7. The molecule has 2 aromatic carbocycles. The van der Waals surface area contributed by atoms with Gasteiger partial charge in [0.25, 0.3) is 0 Å². The molecule has 120 valence electrons. The van der Waals surface area contributed by atoms with Gasteiger partial charge in [0.05, 0.1) is 18.1 Å². The molecule has 0 amide bonds. The minimum Gasteiger partial charge on any atom is -0.464 e. The summed E-state index contributed by atoms with van der Waals surface area (Å²) in [5.41, 5.74) is 1.69. The molecule has 23 heavy (non-hydrogen) atoms. The van der Waals surface area contributed by atoms with Gasteiger partial charge in [0.1, 0.15) is 12.3 Å². The molecule has 0 saturated carbocycles. The maximum Gasteiger partial charge on any atom is 0.302 e. The second-order valence-electron chi connectivity index (χ2n) is 4.85. The van der Waals surface area contributed by atoms with E-state index >= 15 is 0 Å². The van der Waals surface area contributed by atoms with Crippen molar-refractivity contribution in [2.75, 3.05) is 13.2 Å². The highest BCUT2D eigenvalue weighted by molar-refractivity contribution is 6.32. The molecule has 0 aliphatic heterocycles. The Balaban J connectivity index is 2.06. The fourth-order valence-corrected chi connectivity index (χ4v) is 2.06. The summed E-state index contributed by atoms with van der Waals surface area (Å²) in [5.74, 6) is -0.312. The monoisotopic (exact) mass is 331 g/mol. The summed E-state index contributed by atoms with van der Waals surface area (Å²) in [4.78, 5) is 10.9. The fraction of sp³-hybridized carbons (Fsp3) is 0.235. The van der Waals surface area contributed by atoms with Crippen LogP contribution in [0.25, 0.3) is 0 Å². The van der Waals surface area contributed by atoms with Crippen LogP contribution in [0, 0.1) is 0 Å². The number of carbonyl (C=O) groups is 1. The highest BCUT2D eigenvalue weighted by Gasteiger charge is 2.05. The van der Waals surface area contributed by atoms with E-state index in [1.54, 1.807) is 17.1 Å². The lowest BCUT2D eigenvalue weighted by Crippen LogP contribution is -2.22. The first-order valence-corrected chi connectivity index (χ1v) is 7.61. The van der Waals surface area contributed by atoms with E-state index in [9.17, 15) is 4.79 Å². The van der Waals surface area contributed by atoms with Crippen LogP contribution in [0.15, 0.2) is 64.9 Å². The van der Waals surface area contributed by atoms with Crippen LogP contribution in [0.2, 0.25) is 5.02 Å². The van der Waals surface area contributed by atoms with Gasteiger partial charge < -0.3 is 4.74 Å². The van der Waals surface area contributed by atoms with Crippen LogP contribution in [0.1, 0.15) is 12.5 Å². The van der Waals surface area contributed by atoms with Crippen molar-refractivity contribution in [2.45, 2.75) is 13.5 Å². The summed E-state index contributed by atoms with van der Waals surface area (Å²) < 4.78 is 4.98. The molecule has 0 aromatic heterocycles. The van der Waals surface area contributed by atoms with Crippen molar-refractivity contribution in [3.8, 4) is 0 Å². The van der Waals surface area contributed by atoms with Gasteiger partial charge >= 0.3 is 5.97 Å². The minimum absolute atomic E-state index is 0.254. The molecule has 5 nitrogen and oxygen atoms in total. The summed E-state index contributed by atoms with van der Waals surface area (Å²) in [5, 5.41) is 10.7. The third kappa shape index (κ3) is 6.08. The molecule has 0 heterocycles. The Labute approximate surface area is 140 Å². The molecule has 0 fully saturated rings. The summed E-state index contributed by atoms with van der Waals surface area (Å²) in [7, 11) is 0. The number of nitrogens with zero attached hydrogens (tertiary/aromatic N) is 3. The van der Waals surface area contributed by atoms with E-state index in [4.69, 9.17) is 16.3 Å². The van der Waals surface area contributed by atoms with Crippen molar-refractivity contribution in [1.82, 2.24) is 5.01 Å². The Morgan fingerprint density at radius 3 is 2.52 bits per heavy atom. The van der Waals surface area contributed by atoms with Crippen LogP contribution < -0.4 is 0 Å². The van der Waals surface area contributed by atoms with E-state index in [2.05, 4.69) is 10.3 Å². The smallest absolute Gasteiger partial charge is 0.302 e. The predicted octanol–water partition coefficient (Wildman–Crippen LogP) is 4.40. The standard InChI is InChI=1S/C17H18ClN3O2/c1-14(22)23-12-11-21(13-15-7-3-2-4-8-15)20-19-17-10-6-5-9-16(17)18/h2-10H,11-13H2,1H3. The van der Waals surface area contributed by atoms with Crippen molar-refractivity contribution in [3.63, 3.8) is 0 Å². The zero-order valence-electron chi connectivity index (χ0n) is 12.9. The molecular weight excluding hydrogens is 314 g/mol. The van der Waals surface area contributed by atoms with E-state index < -0.39 is 0 Å². The summed E-state index contributed by atoms with van der Waals surface area (Å²) in [6.45, 7) is 2.65. The fourth-order valence-electron chi connectivity index (χ4n) is 1.89. The van der Waals surface area contributed by atoms with Gasteiger partial charge in [-0.2, -0.15) is 0 Å². The number of hydrogen-bond acceptors (Lipinski definition) is 4. The number of carbonyl (C=O) groups excluding carboxylic acids is 1. The van der Waals surface area contributed by atoms with Crippen LogP contribution in [0.5, 0.6) is 0 Å². The number of ether oxygens (including phenoxy) is 1.